The molecule has 7 nitrogen and oxygen atoms in total. The van der Waals surface area contributed by atoms with Crippen molar-refractivity contribution in [3.05, 3.63) is 53.7 Å². The molecule has 2 aromatic heterocycles. The zero-order valence-corrected chi connectivity index (χ0v) is 17.9. The van der Waals surface area contributed by atoms with Gasteiger partial charge in [-0.05, 0) is 49.1 Å². The van der Waals surface area contributed by atoms with Crippen LogP contribution >= 0.6 is 0 Å². The molecule has 1 aromatic carbocycles. The number of likely N-dealkylation sites (tertiary alicyclic amines) is 1. The maximum Gasteiger partial charge on any atom is 0.271 e. The van der Waals surface area contributed by atoms with Gasteiger partial charge >= 0.3 is 0 Å². The number of carbonyl (C=O) groups is 1. The Labute approximate surface area is 181 Å². The Morgan fingerprint density at radius 1 is 1.23 bits per heavy atom. The Kier molecular flexibility index (Phi) is 4.26. The third-order valence-electron chi connectivity index (χ3n) is 7.60. The van der Waals surface area contributed by atoms with Crippen molar-refractivity contribution in [3.63, 3.8) is 0 Å². The van der Waals surface area contributed by atoms with Crippen molar-refractivity contribution in [1.82, 2.24) is 29.9 Å². The molecule has 31 heavy (non-hydrogen) atoms. The summed E-state index contributed by atoms with van der Waals surface area (Å²) in [5.41, 5.74) is 3.86. The van der Waals surface area contributed by atoms with Crippen molar-refractivity contribution in [2.45, 2.75) is 57.4 Å². The van der Waals surface area contributed by atoms with Crippen LogP contribution in [0.15, 0.2) is 36.7 Å². The van der Waals surface area contributed by atoms with Gasteiger partial charge in [0.15, 0.2) is 0 Å². The fourth-order valence-corrected chi connectivity index (χ4v) is 5.41. The first-order chi connectivity index (χ1) is 15.2. The molecule has 3 aliphatic rings. The van der Waals surface area contributed by atoms with Crippen LogP contribution in [-0.2, 0) is 6.42 Å². The summed E-state index contributed by atoms with van der Waals surface area (Å²) in [6.07, 6.45) is 8.88. The van der Waals surface area contributed by atoms with E-state index in [4.69, 9.17) is 0 Å². The van der Waals surface area contributed by atoms with Crippen LogP contribution in [-0.4, -0.2) is 48.9 Å². The average molecular weight is 417 g/mol. The zero-order valence-electron chi connectivity index (χ0n) is 17.9. The van der Waals surface area contributed by atoms with Crippen LogP contribution in [0, 0.1) is 5.41 Å². The van der Waals surface area contributed by atoms with Gasteiger partial charge in [-0.15, -0.1) is 10.2 Å². The molecule has 0 radical (unpaired) electrons. The summed E-state index contributed by atoms with van der Waals surface area (Å²) >= 11 is 0. The first-order valence-electron chi connectivity index (χ1n) is 11.5. The molecule has 6 rings (SSSR count). The Morgan fingerprint density at radius 3 is 2.71 bits per heavy atom. The molecule has 1 unspecified atom stereocenters. The van der Waals surface area contributed by atoms with Crippen molar-refractivity contribution in [2.75, 3.05) is 13.1 Å². The Hall–Kier alpha value is -2.96. The van der Waals surface area contributed by atoms with E-state index in [9.17, 15) is 4.79 Å². The molecule has 1 atom stereocenters. The number of amides is 1. The Bertz CT molecular complexity index is 1110. The summed E-state index contributed by atoms with van der Waals surface area (Å²) in [5.74, 6) is 1.39. The maximum atomic E-state index is 13.4. The molecule has 7 heteroatoms. The summed E-state index contributed by atoms with van der Waals surface area (Å²) in [6.45, 7) is 3.66. The van der Waals surface area contributed by atoms with E-state index in [2.05, 4.69) is 56.2 Å². The van der Waals surface area contributed by atoms with Crippen molar-refractivity contribution in [1.29, 1.82) is 0 Å². The summed E-state index contributed by atoms with van der Waals surface area (Å²) in [4.78, 5) is 15.4. The van der Waals surface area contributed by atoms with Gasteiger partial charge in [0.05, 0.1) is 5.69 Å². The summed E-state index contributed by atoms with van der Waals surface area (Å²) < 4.78 is 2.27. The predicted molar refractivity (Wildman–Crippen MR) is 117 cm³/mol. The molecule has 3 aromatic rings. The van der Waals surface area contributed by atoms with Crippen LogP contribution in [0.2, 0.25) is 0 Å². The van der Waals surface area contributed by atoms with Gasteiger partial charge < -0.3 is 9.47 Å². The van der Waals surface area contributed by atoms with Crippen LogP contribution in [0.4, 0.5) is 0 Å². The third-order valence-corrected chi connectivity index (χ3v) is 7.60. The fourth-order valence-electron chi connectivity index (χ4n) is 5.41. The van der Waals surface area contributed by atoms with Crippen LogP contribution in [0.25, 0.3) is 11.3 Å². The number of H-pyrrole nitrogens is 1. The zero-order chi connectivity index (χ0) is 21.0. The Balaban J connectivity index is 1.24. The van der Waals surface area contributed by atoms with Gasteiger partial charge in [-0.2, -0.15) is 5.10 Å². The second-order valence-electron chi connectivity index (χ2n) is 9.50. The van der Waals surface area contributed by atoms with Crippen LogP contribution in [0.5, 0.6) is 0 Å². The normalized spacial score (nSPS) is 22.1. The second-order valence-corrected chi connectivity index (χ2v) is 9.50. The minimum atomic E-state index is 0.0372. The second kappa shape index (κ2) is 7.04. The Morgan fingerprint density at radius 2 is 2.03 bits per heavy atom. The highest BCUT2D eigenvalue weighted by Crippen LogP contribution is 2.56. The molecule has 1 aliphatic heterocycles. The van der Waals surface area contributed by atoms with E-state index >= 15 is 0 Å². The van der Waals surface area contributed by atoms with Crippen molar-refractivity contribution >= 4 is 5.91 Å². The quantitative estimate of drug-likeness (QED) is 0.682. The summed E-state index contributed by atoms with van der Waals surface area (Å²) in [7, 11) is 0. The molecular weight excluding hydrogens is 388 g/mol. The first kappa shape index (κ1) is 18.8. The number of nitrogens with zero attached hydrogens (tertiary/aromatic N) is 5. The minimum absolute atomic E-state index is 0.0372. The van der Waals surface area contributed by atoms with Crippen LogP contribution in [0.1, 0.15) is 72.9 Å². The highest BCUT2D eigenvalue weighted by Gasteiger charge is 2.54. The van der Waals surface area contributed by atoms with Gasteiger partial charge in [0.1, 0.15) is 17.8 Å². The molecule has 1 spiro atoms. The number of benzene rings is 1. The fraction of sp³-hybridized carbons (Fsp3) is 0.500. The number of aromatic nitrogens is 5. The van der Waals surface area contributed by atoms with Gasteiger partial charge in [0.2, 0.25) is 0 Å². The molecule has 0 bridgehead atoms. The molecule has 1 saturated heterocycles. The number of aromatic amines is 1. The highest BCUT2D eigenvalue weighted by atomic mass is 16.2. The van der Waals surface area contributed by atoms with E-state index in [0.29, 0.717) is 18.3 Å². The van der Waals surface area contributed by atoms with E-state index in [1.807, 2.05) is 17.3 Å². The van der Waals surface area contributed by atoms with Gasteiger partial charge in [-0.25, -0.2) is 0 Å². The lowest BCUT2D eigenvalue weighted by molar-refractivity contribution is 0.0717. The van der Waals surface area contributed by atoms with E-state index in [-0.39, 0.29) is 17.2 Å². The summed E-state index contributed by atoms with van der Waals surface area (Å²) in [5, 5.41) is 16.1. The number of hydrogen-bond acceptors (Lipinski definition) is 4. The van der Waals surface area contributed by atoms with Crippen LogP contribution < -0.4 is 0 Å². The van der Waals surface area contributed by atoms with E-state index in [0.717, 1.165) is 42.9 Å². The molecule has 3 fully saturated rings. The lowest BCUT2D eigenvalue weighted by Crippen LogP contribution is -2.38. The van der Waals surface area contributed by atoms with E-state index in [1.165, 1.54) is 24.8 Å². The predicted octanol–water partition coefficient (Wildman–Crippen LogP) is 3.98. The number of carbonyl (C=O) groups excluding carboxylic acids is 1. The largest absolute Gasteiger partial charge is 0.336 e. The van der Waals surface area contributed by atoms with Crippen molar-refractivity contribution in [3.8, 4) is 11.3 Å². The monoisotopic (exact) mass is 416 g/mol. The van der Waals surface area contributed by atoms with Gasteiger partial charge in [-0.3, -0.25) is 9.89 Å². The number of rotatable bonds is 5. The van der Waals surface area contributed by atoms with Crippen LogP contribution in [0.3, 0.4) is 0 Å². The van der Waals surface area contributed by atoms with Gasteiger partial charge in [-0.1, -0.05) is 37.6 Å². The average Bonchev–Trinajstić information content (AvgIpc) is 3.20. The standard InChI is InChI=1S/C24H28N6O/c1-2-16-4-6-17(7-5-16)20-12-21(27-26-20)23(31)29-13-19(24(14-29)10-3-11-24)22-28-25-15-30(22)18-8-9-18/h4-7,12,15,18-19H,2-3,8-11,13-14H2,1H3,(H,26,27). The maximum absolute atomic E-state index is 13.4. The minimum Gasteiger partial charge on any atom is -0.336 e. The molecule has 2 saturated carbocycles. The summed E-state index contributed by atoms with van der Waals surface area (Å²) in [6, 6.07) is 10.8. The first-order valence-corrected chi connectivity index (χ1v) is 11.5. The van der Waals surface area contributed by atoms with Gasteiger partial charge in [0, 0.05) is 30.6 Å². The van der Waals surface area contributed by atoms with Crippen molar-refractivity contribution in [2.24, 2.45) is 5.41 Å². The smallest absolute Gasteiger partial charge is 0.271 e. The highest BCUT2D eigenvalue weighted by molar-refractivity contribution is 5.93. The molecular formula is C24H28N6O. The number of hydrogen-bond donors (Lipinski definition) is 1. The molecule has 1 amide bonds. The third kappa shape index (κ3) is 3.09. The van der Waals surface area contributed by atoms with Crippen molar-refractivity contribution < 1.29 is 4.79 Å². The number of aryl methyl sites for hydroxylation is 1. The van der Waals surface area contributed by atoms with E-state index in [1.54, 1.807) is 0 Å². The molecule has 160 valence electrons. The lowest BCUT2D eigenvalue weighted by Gasteiger charge is -2.42. The molecule has 1 N–H and O–H groups in total. The SMILES string of the molecule is CCc1ccc(-c2cc(C(=O)N3CC(c4nncn4C4CC4)C4(CCC4)C3)[nH]n2)cc1. The van der Waals surface area contributed by atoms with Gasteiger partial charge in [0.25, 0.3) is 5.91 Å². The van der Waals surface area contributed by atoms with E-state index < -0.39 is 0 Å². The lowest BCUT2D eigenvalue weighted by atomic mass is 9.62. The molecule has 3 heterocycles. The topological polar surface area (TPSA) is 79.7 Å². The number of nitrogens with one attached hydrogen (secondary N) is 1. The molecule has 2 aliphatic carbocycles.